The van der Waals surface area contributed by atoms with Crippen molar-refractivity contribution in [3.63, 3.8) is 0 Å². The number of halogens is 2. The summed E-state index contributed by atoms with van der Waals surface area (Å²) in [7, 11) is 0. The monoisotopic (exact) mass is 390 g/mol. The molecule has 0 aromatic heterocycles. The predicted molar refractivity (Wildman–Crippen MR) is 103 cm³/mol. The molecule has 122 valence electrons. The van der Waals surface area contributed by atoms with Crippen LogP contribution in [0.3, 0.4) is 0 Å². The SMILES string of the molecule is CCC1(C)CCC(c2ccc(Cc3cc(Br)ccc3Cl)cc2)C1. The lowest BCUT2D eigenvalue weighted by atomic mass is 9.84. The number of hydrogen-bond acceptors (Lipinski definition) is 0. The van der Waals surface area contributed by atoms with Gasteiger partial charge in [-0.2, -0.15) is 0 Å². The van der Waals surface area contributed by atoms with Gasteiger partial charge in [-0.3, -0.25) is 0 Å². The Bertz CT molecular complexity index is 677. The second-order valence-corrected chi connectivity index (χ2v) is 8.58. The second kappa shape index (κ2) is 6.99. The van der Waals surface area contributed by atoms with Crippen molar-refractivity contribution in [2.24, 2.45) is 5.41 Å². The fourth-order valence-electron chi connectivity index (χ4n) is 3.73. The van der Waals surface area contributed by atoms with Crippen LogP contribution in [-0.2, 0) is 6.42 Å². The van der Waals surface area contributed by atoms with Crippen LogP contribution in [0.5, 0.6) is 0 Å². The first-order chi connectivity index (χ1) is 11.0. The van der Waals surface area contributed by atoms with Crippen LogP contribution in [-0.4, -0.2) is 0 Å². The molecule has 1 saturated carbocycles. The van der Waals surface area contributed by atoms with Gasteiger partial charge in [-0.15, -0.1) is 0 Å². The first kappa shape index (κ1) is 17.0. The first-order valence-corrected chi connectivity index (χ1v) is 9.69. The van der Waals surface area contributed by atoms with Crippen molar-refractivity contribution in [1.29, 1.82) is 0 Å². The van der Waals surface area contributed by atoms with Crippen LogP contribution in [0.4, 0.5) is 0 Å². The first-order valence-electron chi connectivity index (χ1n) is 8.52. The topological polar surface area (TPSA) is 0 Å². The molecule has 0 nitrogen and oxygen atoms in total. The maximum absolute atomic E-state index is 6.31. The quantitative estimate of drug-likeness (QED) is 0.510. The molecule has 2 heteroatoms. The van der Waals surface area contributed by atoms with E-state index in [1.807, 2.05) is 12.1 Å². The summed E-state index contributed by atoms with van der Waals surface area (Å²) in [4.78, 5) is 0. The van der Waals surface area contributed by atoms with Crippen LogP contribution < -0.4 is 0 Å². The Kier molecular flexibility index (Phi) is 5.18. The van der Waals surface area contributed by atoms with Gasteiger partial charge in [-0.05, 0) is 71.9 Å². The summed E-state index contributed by atoms with van der Waals surface area (Å²) in [5, 5.41) is 0.840. The Morgan fingerprint density at radius 3 is 2.57 bits per heavy atom. The van der Waals surface area contributed by atoms with Crippen molar-refractivity contribution in [3.05, 3.63) is 68.7 Å². The smallest absolute Gasteiger partial charge is 0.0442 e. The highest BCUT2D eigenvalue weighted by Crippen LogP contribution is 2.48. The van der Waals surface area contributed by atoms with Crippen LogP contribution in [0.15, 0.2) is 46.9 Å². The van der Waals surface area contributed by atoms with Crippen LogP contribution >= 0.6 is 27.5 Å². The molecule has 2 unspecified atom stereocenters. The molecule has 1 aliphatic rings. The van der Waals surface area contributed by atoms with Crippen molar-refractivity contribution in [2.75, 3.05) is 0 Å². The van der Waals surface area contributed by atoms with E-state index in [0.717, 1.165) is 21.8 Å². The zero-order valence-electron chi connectivity index (χ0n) is 13.9. The average Bonchev–Trinajstić information content (AvgIpc) is 2.95. The van der Waals surface area contributed by atoms with Gasteiger partial charge in [0.15, 0.2) is 0 Å². The van der Waals surface area contributed by atoms with Crippen LogP contribution in [0.25, 0.3) is 0 Å². The average molecular weight is 392 g/mol. The summed E-state index contributed by atoms with van der Waals surface area (Å²) in [5.74, 6) is 0.739. The molecule has 0 heterocycles. The summed E-state index contributed by atoms with van der Waals surface area (Å²) in [6.45, 7) is 4.77. The Balaban J connectivity index is 1.72. The van der Waals surface area contributed by atoms with E-state index < -0.39 is 0 Å². The molecule has 0 radical (unpaired) electrons. The standard InChI is InChI=1S/C21H24BrCl/c1-3-21(2)11-10-17(14-21)16-6-4-15(5-7-16)12-18-13-19(22)8-9-20(18)23/h4-9,13,17H,3,10-12,14H2,1-2H3. The van der Waals surface area contributed by atoms with Crippen LogP contribution in [0.1, 0.15) is 62.1 Å². The van der Waals surface area contributed by atoms with Crippen LogP contribution in [0, 0.1) is 5.41 Å². The Hall–Kier alpha value is -0.790. The van der Waals surface area contributed by atoms with Gasteiger partial charge in [0, 0.05) is 9.50 Å². The minimum absolute atomic E-state index is 0.549. The van der Waals surface area contributed by atoms with Gasteiger partial charge in [0.1, 0.15) is 0 Å². The van der Waals surface area contributed by atoms with E-state index >= 15 is 0 Å². The molecule has 1 aliphatic carbocycles. The summed E-state index contributed by atoms with van der Waals surface area (Å²) < 4.78 is 1.08. The van der Waals surface area contributed by atoms with Gasteiger partial charge in [0.05, 0.1) is 0 Å². The number of rotatable bonds is 4. The van der Waals surface area contributed by atoms with Gasteiger partial charge in [-0.1, -0.05) is 72.1 Å². The highest BCUT2D eigenvalue weighted by atomic mass is 79.9. The third-order valence-corrected chi connectivity index (χ3v) is 6.40. The third kappa shape index (κ3) is 4.00. The molecule has 0 amide bonds. The summed E-state index contributed by atoms with van der Waals surface area (Å²) in [5.41, 5.74) is 4.55. The van der Waals surface area contributed by atoms with Gasteiger partial charge in [0.25, 0.3) is 0 Å². The molecule has 2 aromatic rings. The highest BCUT2D eigenvalue weighted by Gasteiger charge is 2.33. The summed E-state index contributed by atoms with van der Waals surface area (Å²) in [6.07, 6.45) is 6.21. The van der Waals surface area contributed by atoms with E-state index in [2.05, 4.69) is 60.1 Å². The van der Waals surface area contributed by atoms with Crippen LogP contribution in [0.2, 0.25) is 5.02 Å². The largest absolute Gasteiger partial charge is 0.0840 e. The minimum Gasteiger partial charge on any atom is -0.0840 e. The van der Waals surface area contributed by atoms with E-state index in [1.54, 1.807) is 0 Å². The number of benzene rings is 2. The van der Waals surface area contributed by atoms with Crippen molar-refractivity contribution in [2.45, 2.75) is 51.9 Å². The van der Waals surface area contributed by atoms with Gasteiger partial charge >= 0.3 is 0 Å². The molecule has 0 N–H and O–H groups in total. The Morgan fingerprint density at radius 1 is 1.17 bits per heavy atom. The van der Waals surface area contributed by atoms with E-state index in [0.29, 0.717) is 5.41 Å². The minimum atomic E-state index is 0.549. The molecule has 1 fully saturated rings. The molecule has 0 saturated heterocycles. The molecule has 0 aliphatic heterocycles. The normalized spacial score (nSPS) is 24.1. The van der Waals surface area contributed by atoms with Gasteiger partial charge in [-0.25, -0.2) is 0 Å². The zero-order chi connectivity index (χ0) is 16.4. The Labute approximate surface area is 153 Å². The molecule has 23 heavy (non-hydrogen) atoms. The predicted octanol–water partition coefficient (Wildman–Crippen LogP) is 7.38. The lowest BCUT2D eigenvalue weighted by molar-refractivity contribution is 0.319. The van der Waals surface area contributed by atoms with Gasteiger partial charge in [0.2, 0.25) is 0 Å². The maximum Gasteiger partial charge on any atom is 0.0442 e. The van der Waals surface area contributed by atoms with E-state index in [4.69, 9.17) is 11.6 Å². The molecule has 0 bridgehead atoms. The zero-order valence-corrected chi connectivity index (χ0v) is 16.3. The van der Waals surface area contributed by atoms with Gasteiger partial charge < -0.3 is 0 Å². The molecule has 2 aromatic carbocycles. The lowest BCUT2D eigenvalue weighted by Crippen LogP contribution is -2.09. The summed E-state index contributed by atoms with van der Waals surface area (Å²) in [6, 6.07) is 15.3. The molecule has 2 atom stereocenters. The molecule has 3 rings (SSSR count). The van der Waals surface area contributed by atoms with E-state index in [1.165, 1.54) is 42.4 Å². The summed E-state index contributed by atoms with van der Waals surface area (Å²) >= 11 is 9.83. The van der Waals surface area contributed by atoms with E-state index in [9.17, 15) is 0 Å². The fraction of sp³-hybridized carbons (Fsp3) is 0.429. The highest BCUT2D eigenvalue weighted by molar-refractivity contribution is 9.10. The van der Waals surface area contributed by atoms with Crippen molar-refractivity contribution < 1.29 is 0 Å². The molecular weight excluding hydrogens is 368 g/mol. The Morgan fingerprint density at radius 2 is 1.91 bits per heavy atom. The third-order valence-electron chi connectivity index (χ3n) is 5.54. The molecular formula is C21H24BrCl. The van der Waals surface area contributed by atoms with Crippen molar-refractivity contribution >= 4 is 27.5 Å². The fourth-order valence-corrected chi connectivity index (χ4v) is 4.33. The second-order valence-electron chi connectivity index (χ2n) is 7.26. The molecule has 0 spiro atoms. The van der Waals surface area contributed by atoms with Crippen molar-refractivity contribution in [1.82, 2.24) is 0 Å². The lowest BCUT2D eigenvalue weighted by Gasteiger charge is -2.21. The number of hydrogen-bond donors (Lipinski definition) is 0. The van der Waals surface area contributed by atoms with E-state index in [-0.39, 0.29) is 0 Å². The maximum atomic E-state index is 6.31. The van der Waals surface area contributed by atoms with Crippen molar-refractivity contribution in [3.8, 4) is 0 Å².